The molecule has 1 aromatic heterocycles. The molecule has 0 amide bonds. The zero-order chi connectivity index (χ0) is 18.1. The Hall–Kier alpha value is -1.00. The third-order valence-electron chi connectivity index (χ3n) is 3.81. The summed E-state index contributed by atoms with van der Waals surface area (Å²) in [7, 11) is 0. The van der Waals surface area contributed by atoms with Crippen LogP contribution in [-0.2, 0) is 5.41 Å². The average Bonchev–Trinajstić information content (AvgIpc) is 2.46. The molecule has 128 valence electrons. The van der Waals surface area contributed by atoms with Gasteiger partial charge in [0.15, 0.2) is 0 Å². The summed E-state index contributed by atoms with van der Waals surface area (Å²) < 4.78 is 14.2. The van der Waals surface area contributed by atoms with Gasteiger partial charge in [-0.05, 0) is 73.2 Å². The molecular weight excluding hydrogens is 433 g/mol. The largest absolute Gasteiger partial charge is 0.256 e. The van der Waals surface area contributed by atoms with Crippen molar-refractivity contribution in [3.8, 4) is 11.1 Å². The summed E-state index contributed by atoms with van der Waals surface area (Å²) in [6.07, 6.45) is 2.02. The van der Waals surface area contributed by atoms with Crippen molar-refractivity contribution >= 4 is 37.9 Å². The van der Waals surface area contributed by atoms with Gasteiger partial charge in [-0.2, -0.15) is 0 Å². The standard InChI is InChI=1S/C20H22Br2FN/c1-12(2)19-16(11-18(21)22)15(10-17(24-19)20(3,4)5)13-6-8-14(23)9-7-13/h6-12H,1-5H3. The van der Waals surface area contributed by atoms with Gasteiger partial charge in [-0.1, -0.05) is 46.8 Å². The third kappa shape index (κ3) is 4.54. The van der Waals surface area contributed by atoms with Gasteiger partial charge in [0, 0.05) is 16.7 Å². The average molecular weight is 455 g/mol. The molecule has 4 heteroatoms. The number of aromatic nitrogens is 1. The Morgan fingerprint density at radius 3 is 2.17 bits per heavy atom. The Labute approximate surface area is 160 Å². The smallest absolute Gasteiger partial charge is 0.123 e. The van der Waals surface area contributed by atoms with E-state index in [1.807, 2.05) is 18.2 Å². The van der Waals surface area contributed by atoms with Crippen LogP contribution in [-0.4, -0.2) is 4.98 Å². The Morgan fingerprint density at radius 1 is 1.12 bits per heavy atom. The van der Waals surface area contributed by atoms with Crippen LogP contribution in [0.2, 0.25) is 0 Å². The van der Waals surface area contributed by atoms with Crippen molar-refractivity contribution in [1.29, 1.82) is 0 Å². The van der Waals surface area contributed by atoms with E-state index in [-0.39, 0.29) is 17.2 Å². The SMILES string of the molecule is CC(C)c1nc(C(C)(C)C)cc(-c2ccc(F)cc2)c1C=C(Br)Br. The molecule has 0 unspecified atom stereocenters. The second kappa shape index (κ2) is 7.49. The Balaban J connectivity index is 2.84. The highest BCUT2D eigenvalue weighted by atomic mass is 79.9. The first-order chi connectivity index (χ1) is 11.1. The van der Waals surface area contributed by atoms with E-state index in [4.69, 9.17) is 4.98 Å². The maximum Gasteiger partial charge on any atom is 0.123 e. The van der Waals surface area contributed by atoms with Gasteiger partial charge in [-0.25, -0.2) is 4.39 Å². The number of hydrogen-bond acceptors (Lipinski definition) is 1. The predicted molar refractivity (Wildman–Crippen MR) is 108 cm³/mol. The van der Waals surface area contributed by atoms with Gasteiger partial charge >= 0.3 is 0 Å². The first-order valence-corrected chi connectivity index (χ1v) is 9.52. The molecule has 2 aromatic rings. The molecule has 1 nitrogen and oxygen atoms in total. The summed E-state index contributed by atoms with van der Waals surface area (Å²) in [5.74, 6) is 0.0452. The van der Waals surface area contributed by atoms with Crippen molar-refractivity contribution in [3.63, 3.8) is 0 Å². The van der Waals surface area contributed by atoms with E-state index in [1.165, 1.54) is 12.1 Å². The second-order valence-corrected chi connectivity index (χ2v) is 9.97. The second-order valence-electron chi connectivity index (χ2n) is 7.20. The van der Waals surface area contributed by atoms with Crippen molar-refractivity contribution < 1.29 is 4.39 Å². The van der Waals surface area contributed by atoms with Crippen LogP contribution < -0.4 is 0 Å². The van der Waals surface area contributed by atoms with Crippen molar-refractivity contribution in [2.45, 2.75) is 46.0 Å². The summed E-state index contributed by atoms with van der Waals surface area (Å²) >= 11 is 6.92. The Kier molecular flexibility index (Phi) is 6.03. The zero-order valence-electron chi connectivity index (χ0n) is 14.6. The van der Waals surface area contributed by atoms with Crippen LogP contribution in [0.4, 0.5) is 4.39 Å². The van der Waals surface area contributed by atoms with E-state index in [0.717, 1.165) is 31.5 Å². The molecule has 1 aromatic carbocycles. The van der Waals surface area contributed by atoms with Gasteiger partial charge in [0.25, 0.3) is 0 Å². The molecule has 0 saturated carbocycles. The van der Waals surface area contributed by atoms with Gasteiger partial charge < -0.3 is 0 Å². The fourth-order valence-electron chi connectivity index (χ4n) is 2.53. The normalized spacial score (nSPS) is 11.7. The summed E-state index contributed by atoms with van der Waals surface area (Å²) in [5.41, 5.74) is 5.11. The van der Waals surface area contributed by atoms with E-state index < -0.39 is 0 Å². The van der Waals surface area contributed by atoms with E-state index in [9.17, 15) is 4.39 Å². The van der Waals surface area contributed by atoms with Gasteiger partial charge in [0.05, 0.1) is 9.09 Å². The molecule has 0 fully saturated rings. The zero-order valence-corrected chi connectivity index (χ0v) is 17.8. The summed E-state index contributed by atoms with van der Waals surface area (Å²) in [5, 5.41) is 0. The van der Waals surface area contributed by atoms with Crippen LogP contribution in [0.1, 0.15) is 57.5 Å². The minimum absolute atomic E-state index is 0.0632. The summed E-state index contributed by atoms with van der Waals surface area (Å²) in [6, 6.07) is 8.76. The highest BCUT2D eigenvalue weighted by Gasteiger charge is 2.22. The maximum absolute atomic E-state index is 13.3. The molecule has 0 N–H and O–H groups in total. The number of rotatable bonds is 3. The Bertz CT molecular complexity index is 752. The molecule has 0 radical (unpaired) electrons. The molecule has 0 aliphatic rings. The summed E-state index contributed by atoms with van der Waals surface area (Å²) in [4.78, 5) is 4.94. The topological polar surface area (TPSA) is 12.9 Å². The number of pyridine rings is 1. The van der Waals surface area contributed by atoms with Crippen molar-refractivity contribution in [1.82, 2.24) is 4.98 Å². The van der Waals surface area contributed by atoms with E-state index in [2.05, 4.69) is 72.5 Å². The van der Waals surface area contributed by atoms with Crippen molar-refractivity contribution in [3.05, 3.63) is 56.5 Å². The number of halogens is 3. The minimum Gasteiger partial charge on any atom is -0.256 e. The van der Waals surface area contributed by atoms with Crippen LogP contribution in [0.5, 0.6) is 0 Å². The molecular formula is C20H22Br2FN. The minimum atomic E-state index is -0.230. The Morgan fingerprint density at radius 2 is 1.71 bits per heavy atom. The van der Waals surface area contributed by atoms with Gasteiger partial charge in [-0.3, -0.25) is 4.98 Å². The molecule has 0 aliphatic carbocycles. The fraction of sp³-hybridized carbons (Fsp3) is 0.350. The molecule has 2 rings (SSSR count). The van der Waals surface area contributed by atoms with Crippen LogP contribution in [0.15, 0.2) is 33.7 Å². The monoisotopic (exact) mass is 453 g/mol. The van der Waals surface area contributed by atoms with E-state index in [1.54, 1.807) is 0 Å². The number of benzene rings is 1. The highest BCUT2D eigenvalue weighted by Crippen LogP contribution is 2.36. The fourth-order valence-corrected chi connectivity index (χ4v) is 2.99. The number of nitrogens with zero attached hydrogens (tertiary/aromatic N) is 1. The van der Waals surface area contributed by atoms with Gasteiger partial charge in [0.2, 0.25) is 0 Å². The molecule has 0 bridgehead atoms. The lowest BCUT2D eigenvalue weighted by atomic mass is 9.86. The van der Waals surface area contributed by atoms with Crippen molar-refractivity contribution in [2.75, 3.05) is 0 Å². The lowest BCUT2D eigenvalue weighted by molar-refractivity contribution is 0.563. The molecule has 0 saturated heterocycles. The van der Waals surface area contributed by atoms with Gasteiger partial charge in [-0.15, -0.1) is 0 Å². The van der Waals surface area contributed by atoms with Crippen LogP contribution in [0, 0.1) is 5.82 Å². The van der Waals surface area contributed by atoms with E-state index >= 15 is 0 Å². The lowest BCUT2D eigenvalue weighted by Gasteiger charge is -2.23. The molecule has 0 aliphatic heterocycles. The lowest BCUT2D eigenvalue weighted by Crippen LogP contribution is -2.16. The molecule has 0 atom stereocenters. The predicted octanol–water partition coefficient (Wildman–Crippen LogP) is 7.40. The number of hydrogen-bond donors (Lipinski definition) is 0. The molecule has 24 heavy (non-hydrogen) atoms. The third-order valence-corrected chi connectivity index (χ3v) is 4.27. The molecule has 1 heterocycles. The van der Waals surface area contributed by atoms with Crippen LogP contribution >= 0.6 is 31.9 Å². The molecule has 0 spiro atoms. The highest BCUT2D eigenvalue weighted by molar-refractivity contribution is 9.28. The first-order valence-electron chi connectivity index (χ1n) is 7.93. The maximum atomic E-state index is 13.3. The van der Waals surface area contributed by atoms with Crippen molar-refractivity contribution in [2.24, 2.45) is 0 Å². The van der Waals surface area contributed by atoms with Crippen LogP contribution in [0.3, 0.4) is 0 Å². The summed E-state index contributed by atoms with van der Waals surface area (Å²) in [6.45, 7) is 10.8. The van der Waals surface area contributed by atoms with Gasteiger partial charge in [0.1, 0.15) is 5.82 Å². The van der Waals surface area contributed by atoms with E-state index in [0.29, 0.717) is 0 Å². The quantitative estimate of drug-likeness (QED) is 0.470. The first kappa shape index (κ1) is 19.3. The van der Waals surface area contributed by atoms with Crippen LogP contribution in [0.25, 0.3) is 17.2 Å².